The van der Waals surface area contributed by atoms with Crippen LogP contribution in [0.3, 0.4) is 0 Å². The highest BCUT2D eigenvalue weighted by atomic mass is 16.1. The van der Waals surface area contributed by atoms with Crippen LogP contribution in [0.4, 0.5) is 0 Å². The van der Waals surface area contributed by atoms with E-state index in [2.05, 4.69) is 9.97 Å². The molecule has 0 aliphatic carbocycles. The van der Waals surface area contributed by atoms with Crippen molar-refractivity contribution in [3.8, 4) is 0 Å². The fourth-order valence-corrected chi connectivity index (χ4v) is 2.98. The predicted octanol–water partition coefficient (Wildman–Crippen LogP) is 1.35. The first-order valence-corrected chi connectivity index (χ1v) is 8.17. The van der Waals surface area contributed by atoms with Crippen molar-refractivity contribution in [2.45, 2.75) is 6.54 Å². The van der Waals surface area contributed by atoms with Crippen molar-refractivity contribution in [2.24, 2.45) is 0 Å². The molecule has 0 aromatic carbocycles. The Labute approximate surface area is 148 Å². The summed E-state index contributed by atoms with van der Waals surface area (Å²) in [7, 11) is 3.56. The lowest BCUT2D eigenvalue weighted by molar-refractivity contribution is 0.706. The highest BCUT2D eigenvalue weighted by molar-refractivity contribution is 5.91. The summed E-state index contributed by atoms with van der Waals surface area (Å²) in [6.07, 6.45) is 6.81. The van der Waals surface area contributed by atoms with Gasteiger partial charge < -0.3 is 9.58 Å². The summed E-state index contributed by atoms with van der Waals surface area (Å²) in [6, 6.07) is 8.96. The molecule has 0 N–H and O–H groups in total. The van der Waals surface area contributed by atoms with Crippen LogP contribution >= 0.6 is 0 Å². The zero-order valence-corrected chi connectivity index (χ0v) is 14.5. The molecule has 0 radical (unpaired) electrons. The maximum atomic E-state index is 12.9. The summed E-state index contributed by atoms with van der Waals surface area (Å²) < 4.78 is 3.08. The summed E-state index contributed by atoms with van der Waals surface area (Å²) in [5.74, 6) is 0. The van der Waals surface area contributed by atoms with Crippen LogP contribution in [0.5, 0.6) is 0 Å². The fraction of sp³-hybridized carbons (Fsp3) is 0.158. The molecule has 0 aliphatic rings. The van der Waals surface area contributed by atoms with Crippen molar-refractivity contribution in [3.63, 3.8) is 0 Å². The molecule has 7 heteroatoms. The summed E-state index contributed by atoms with van der Waals surface area (Å²) in [5.41, 5.74) is 1.69. The third kappa shape index (κ3) is 2.63. The molecule has 0 saturated heterocycles. The summed E-state index contributed by atoms with van der Waals surface area (Å²) >= 11 is 0. The fourth-order valence-electron chi connectivity index (χ4n) is 2.98. The average molecular weight is 347 g/mol. The van der Waals surface area contributed by atoms with Gasteiger partial charge >= 0.3 is 0 Å². The third-order valence-electron chi connectivity index (χ3n) is 4.30. The van der Waals surface area contributed by atoms with Gasteiger partial charge in [0.1, 0.15) is 0 Å². The van der Waals surface area contributed by atoms with E-state index in [-0.39, 0.29) is 11.1 Å². The van der Waals surface area contributed by atoms with Crippen molar-refractivity contribution in [1.82, 2.24) is 19.2 Å². The van der Waals surface area contributed by atoms with Crippen LogP contribution < -0.4 is 16.1 Å². The molecule has 0 spiro atoms. The number of hydrogen-bond acceptors (Lipinski definition) is 5. The van der Waals surface area contributed by atoms with Gasteiger partial charge in [0.15, 0.2) is 0 Å². The summed E-state index contributed by atoms with van der Waals surface area (Å²) in [5, 5.41) is 2.53. The molecule has 0 unspecified atom stereocenters. The van der Waals surface area contributed by atoms with Gasteiger partial charge in [0.05, 0.1) is 28.4 Å². The molecule has 4 rings (SSSR count). The number of nitrogens with zero attached hydrogens (tertiary/aromatic N) is 5. The van der Waals surface area contributed by atoms with E-state index in [9.17, 15) is 9.59 Å². The van der Waals surface area contributed by atoms with Crippen molar-refractivity contribution in [3.05, 3.63) is 81.4 Å². The van der Waals surface area contributed by atoms with E-state index in [1.165, 1.54) is 4.68 Å². The van der Waals surface area contributed by atoms with Crippen molar-refractivity contribution >= 4 is 21.8 Å². The quantitative estimate of drug-likeness (QED) is 0.523. The Bertz CT molecular complexity index is 1230. The highest BCUT2D eigenvalue weighted by Gasteiger charge is 2.10. The van der Waals surface area contributed by atoms with Crippen molar-refractivity contribution in [1.29, 1.82) is 0 Å². The maximum absolute atomic E-state index is 12.9. The van der Waals surface area contributed by atoms with E-state index in [0.29, 0.717) is 28.4 Å². The molecule has 4 heterocycles. The van der Waals surface area contributed by atoms with E-state index in [1.807, 2.05) is 12.1 Å². The van der Waals surface area contributed by atoms with Crippen LogP contribution in [-0.4, -0.2) is 33.3 Å². The molecule has 26 heavy (non-hydrogen) atoms. The van der Waals surface area contributed by atoms with E-state index in [1.54, 1.807) is 66.7 Å². The number of pyridine rings is 4. The van der Waals surface area contributed by atoms with E-state index < -0.39 is 0 Å². The molecular formula is C19H17N5O2. The maximum Gasteiger partial charge on any atom is 0.278 e. The molecular weight excluding hydrogens is 330 g/mol. The Hall–Kier alpha value is -3.48. The molecule has 0 amide bonds. The summed E-state index contributed by atoms with van der Waals surface area (Å²) in [6.45, 7) is 0.414. The number of aromatic nitrogens is 4. The molecule has 130 valence electrons. The van der Waals surface area contributed by atoms with Gasteiger partial charge in [-0.1, -0.05) is 6.07 Å². The minimum absolute atomic E-state index is 0.180. The molecule has 7 nitrogen and oxygen atoms in total. The minimum atomic E-state index is -0.205. The molecule has 0 fully saturated rings. The minimum Gasteiger partial charge on any atom is -0.316 e. The standard InChI is InChI=1S/C19H17N5O2/c1-22(2)24-9-6-17-15(19(24)26)10-14-16(21-17)5-8-23(18(14)25)12-13-4-3-7-20-11-13/h3-11H,12H2,1-2H3. The second kappa shape index (κ2) is 6.11. The lowest BCUT2D eigenvalue weighted by Gasteiger charge is -2.16. The topological polar surface area (TPSA) is 73.0 Å². The van der Waals surface area contributed by atoms with Crippen LogP contribution in [0.2, 0.25) is 0 Å². The first-order valence-electron chi connectivity index (χ1n) is 8.17. The van der Waals surface area contributed by atoms with Crippen LogP contribution in [0.25, 0.3) is 21.8 Å². The van der Waals surface area contributed by atoms with E-state index in [0.717, 1.165) is 5.56 Å². The van der Waals surface area contributed by atoms with Crippen LogP contribution in [0.15, 0.2) is 64.7 Å². The lowest BCUT2D eigenvalue weighted by atomic mass is 10.2. The second-order valence-electron chi connectivity index (χ2n) is 6.28. The molecule has 0 saturated carbocycles. The van der Waals surface area contributed by atoms with Gasteiger partial charge in [-0.15, -0.1) is 0 Å². The molecule has 0 aliphatic heterocycles. The van der Waals surface area contributed by atoms with Crippen molar-refractivity contribution < 1.29 is 0 Å². The normalized spacial score (nSPS) is 11.2. The Morgan fingerprint density at radius 3 is 2.42 bits per heavy atom. The monoisotopic (exact) mass is 347 g/mol. The van der Waals surface area contributed by atoms with Crippen LogP contribution in [-0.2, 0) is 6.54 Å². The Morgan fingerprint density at radius 2 is 1.73 bits per heavy atom. The number of rotatable bonds is 3. The SMILES string of the molecule is CN(C)n1ccc2nc3ccn(Cc4cccnc4)c(=O)c3cc2c1=O. The predicted molar refractivity (Wildman–Crippen MR) is 101 cm³/mol. The smallest absolute Gasteiger partial charge is 0.278 e. The second-order valence-corrected chi connectivity index (χ2v) is 6.28. The van der Waals surface area contributed by atoms with Crippen LogP contribution in [0.1, 0.15) is 5.56 Å². The zero-order chi connectivity index (χ0) is 18.3. The number of hydrogen-bond donors (Lipinski definition) is 0. The van der Waals surface area contributed by atoms with Gasteiger partial charge in [0.2, 0.25) is 0 Å². The Balaban J connectivity index is 1.93. The molecule has 0 bridgehead atoms. The van der Waals surface area contributed by atoms with Crippen LogP contribution in [0, 0.1) is 0 Å². The zero-order valence-electron chi connectivity index (χ0n) is 14.5. The van der Waals surface area contributed by atoms with Gasteiger partial charge in [-0.25, -0.2) is 9.66 Å². The number of fused-ring (bicyclic) bond motifs is 2. The molecule has 0 atom stereocenters. The first-order chi connectivity index (χ1) is 12.5. The molecule has 4 aromatic rings. The van der Waals surface area contributed by atoms with Crippen molar-refractivity contribution in [2.75, 3.05) is 19.1 Å². The highest BCUT2D eigenvalue weighted by Crippen LogP contribution is 2.14. The third-order valence-corrected chi connectivity index (χ3v) is 4.30. The van der Waals surface area contributed by atoms with Gasteiger partial charge in [-0.05, 0) is 29.8 Å². The van der Waals surface area contributed by atoms with Gasteiger partial charge in [-0.3, -0.25) is 14.6 Å². The van der Waals surface area contributed by atoms with E-state index >= 15 is 0 Å². The van der Waals surface area contributed by atoms with Gasteiger partial charge in [0.25, 0.3) is 11.1 Å². The summed E-state index contributed by atoms with van der Waals surface area (Å²) in [4.78, 5) is 34.1. The lowest BCUT2D eigenvalue weighted by Crippen LogP contribution is -2.35. The average Bonchev–Trinajstić information content (AvgIpc) is 2.64. The Kier molecular flexibility index (Phi) is 3.76. The van der Waals surface area contributed by atoms with Gasteiger partial charge in [-0.2, -0.15) is 0 Å². The first kappa shape index (κ1) is 16.0. The van der Waals surface area contributed by atoms with Gasteiger partial charge in [0, 0.05) is 38.9 Å². The molecule has 4 aromatic heterocycles. The van der Waals surface area contributed by atoms with E-state index in [4.69, 9.17) is 0 Å². The Morgan fingerprint density at radius 1 is 1.00 bits per heavy atom. The largest absolute Gasteiger partial charge is 0.316 e.